The molecule has 0 spiro atoms. The van der Waals surface area contributed by atoms with Crippen molar-refractivity contribution >= 4 is 17.2 Å². The summed E-state index contributed by atoms with van der Waals surface area (Å²) in [5.41, 5.74) is 5.58. The minimum atomic E-state index is 0.586. The molecule has 0 amide bonds. The Labute approximate surface area is 86.5 Å². The van der Waals surface area contributed by atoms with Crippen LogP contribution in [0, 0.1) is 5.92 Å². The quantitative estimate of drug-likeness (QED) is 0.702. The first kappa shape index (κ1) is 10.9. The van der Waals surface area contributed by atoms with Crippen LogP contribution in [0.2, 0.25) is 0 Å². The molecule has 0 bridgehead atoms. The standard InChI is InChI=1S/C10H20N2S/c1-3-9(6-10(11)13)12-5-4-8(2)7-12/h8-9H,3-7H2,1-2H3,(H2,11,13). The number of nitrogens with two attached hydrogens (primary N) is 1. The van der Waals surface area contributed by atoms with Crippen molar-refractivity contribution in [2.75, 3.05) is 13.1 Å². The van der Waals surface area contributed by atoms with Gasteiger partial charge in [-0.3, -0.25) is 4.90 Å². The van der Waals surface area contributed by atoms with Gasteiger partial charge < -0.3 is 5.73 Å². The van der Waals surface area contributed by atoms with Gasteiger partial charge >= 0.3 is 0 Å². The summed E-state index contributed by atoms with van der Waals surface area (Å²) < 4.78 is 0. The van der Waals surface area contributed by atoms with Gasteiger partial charge in [0.1, 0.15) is 0 Å². The van der Waals surface area contributed by atoms with Crippen LogP contribution in [0.15, 0.2) is 0 Å². The second-order valence-corrected chi connectivity index (χ2v) is 4.65. The fourth-order valence-corrected chi connectivity index (χ4v) is 2.26. The van der Waals surface area contributed by atoms with E-state index in [1.807, 2.05) is 0 Å². The Morgan fingerprint density at radius 2 is 2.38 bits per heavy atom. The van der Waals surface area contributed by atoms with Gasteiger partial charge in [-0.2, -0.15) is 0 Å². The number of hydrogen-bond acceptors (Lipinski definition) is 2. The van der Waals surface area contributed by atoms with Gasteiger partial charge in [0, 0.05) is 19.0 Å². The number of nitrogens with zero attached hydrogens (tertiary/aromatic N) is 1. The van der Waals surface area contributed by atoms with Crippen LogP contribution in [-0.4, -0.2) is 29.0 Å². The monoisotopic (exact) mass is 200 g/mol. The number of rotatable bonds is 4. The Morgan fingerprint density at radius 1 is 1.69 bits per heavy atom. The van der Waals surface area contributed by atoms with Crippen molar-refractivity contribution in [1.82, 2.24) is 4.90 Å². The third-order valence-electron chi connectivity index (χ3n) is 2.88. The maximum atomic E-state index is 5.58. The Hall–Kier alpha value is -0.150. The van der Waals surface area contributed by atoms with Gasteiger partial charge in [0.15, 0.2) is 0 Å². The maximum absolute atomic E-state index is 5.58. The molecule has 1 saturated heterocycles. The highest BCUT2D eigenvalue weighted by Gasteiger charge is 2.24. The highest BCUT2D eigenvalue weighted by molar-refractivity contribution is 7.80. The predicted octanol–water partition coefficient (Wildman–Crippen LogP) is 1.78. The van der Waals surface area contributed by atoms with E-state index in [-0.39, 0.29) is 0 Å². The Kier molecular flexibility index (Phi) is 4.13. The fraction of sp³-hybridized carbons (Fsp3) is 0.900. The molecule has 0 radical (unpaired) electrons. The second-order valence-electron chi connectivity index (χ2n) is 4.12. The molecule has 2 unspecified atom stereocenters. The molecule has 1 fully saturated rings. The summed E-state index contributed by atoms with van der Waals surface area (Å²) in [6.07, 6.45) is 3.37. The summed E-state index contributed by atoms with van der Waals surface area (Å²) in [4.78, 5) is 3.19. The van der Waals surface area contributed by atoms with E-state index in [2.05, 4.69) is 18.7 Å². The zero-order valence-corrected chi connectivity index (χ0v) is 9.44. The van der Waals surface area contributed by atoms with E-state index in [1.54, 1.807) is 0 Å². The van der Waals surface area contributed by atoms with Crippen LogP contribution >= 0.6 is 12.2 Å². The molecular formula is C10H20N2S. The van der Waals surface area contributed by atoms with Crippen molar-refractivity contribution in [1.29, 1.82) is 0 Å². The molecule has 0 saturated carbocycles. The average molecular weight is 200 g/mol. The first-order valence-corrected chi connectivity index (χ1v) is 5.56. The predicted molar refractivity (Wildman–Crippen MR) is 60.8 cm³/mol. The summed E-state index contributed by atoms with van der Waals surface area (Å²) >= 11 is 4.95. The first-order chi connectivity index (χ1) is 6.13. The van der Waals surface area contributed by atoms with E-state index >= 15 is 0 Å². The summed E-state index contributed by atoms with van der Waals surface area (Å²) in [6.45, 7) is 6.98. The minimum absolute atomic E-state index is 0.586. The highest BCUT2D eigenvalue weighted by atomic mass is 32.1. The van der Waals surface area contributed by atoms with Gasteiger partial charge in [0.25, 0.3) is 0 Å². The van der Waals surface area contributed by atoms with Gasteiger partial charge in [0.2, 0.25) is 0 Å². The van der Waals surface area contributed by atoms with Gasteiger partial charge in [-0.1, -0.05) is 26.1 Å². The molecule has 1 aliphatic rings. The molecule has 13 heavy (non-hydrogen) atoms. The molecule has 2 N–H and O–H groups in total. The van der Waals surface area contributed by atoms with E-state index in [0.29, 0.717) is 11.0 Å². The molecule has 0 aromatic rings. The average Bonchev–Trinajstić information content (AvgIpc) is 2.47. The lowest BCUT2D eigenvalue weighted by molar-refractivity contribution is 0.235. The van der Waals surface area contributed by atoms with Crippen molar-refractivity contribution in [2.24, 2.45) is 11.7 Å². The molecular weight excluding hydrogens is 180 g/mol. The number of likely N-dealkylation sites (tertiary alicyclic amines) is 1. The lowest BCUT2D eigenvalue weighted by Gasteiger charge is -2.26. The third kappa shape index (κ3) is 3.24. The van der Waals surface area contributed by atoms with Crippen LogP contribution in [0.25, 0.3) is 0 Å². The zero-order chi connectivity index (χ0) is 9.84. The summed E-state index contributed by atoms with van der Waals surface area (Å²) in [7, 11) is 0. The Bertz CT molecular complexity index is 182. The summed E-state index contributed by atoms with van der Waals surface area (Å²) in [5, 5.41) is 0. The molecule has 1 aliphatic heterocycles. The highest BCUT2D eigenvalue weighted by Crippen LogP contribution is 2.20. The molecule has 0 aromatic heterocycles. The molecule has 1 heterocycles. The second kappa shape index (κ2) is 4.91. The zero-order valence-electron chi connectivity index (χ0n) is 8.62. The van der Waals surface area contributed by atoms with Gasteiger partial charge in [-0.25, -0.2) is 0 Å². The largest absolute Gasteiger partial charge is 0.393 e. The van der Waals surface area contributed by atoms with Gasteiger partial charge in [-0.05, 0) is 25.3 Å². The molecule has 0 aliphatic carbocycles. The normalized spacial score (nSPS) is 26.2. The molecule has 76 valence electrons. The topological polar surface area (TPSA) is 29.3 Å². The smallest absolute Gasteiger partial charge is 0.0743 e. The van der Waals surface area contributed by atoms with Crippen LogP contribution in [0.1, 0.15) is 33.1 Å². The van der Waals surface area contributed by atoms with E-state index in [0.717, 1.165) is 18.8 Å². The Balaban J connectivity index is 2.42. The number of thiocarbonyl (C=S) groups is 1. The van der Waals surface area contributed by atoms with Gasteiger partial charge in [0.05, 0.1) is 4.99 Å². The van der Waals surface area contributed by atoms with E-state index in [9.17, 15) is 0 Å². The van der Waals surface area contributed by atoms with Crippen LogP contribution < -0.4 is 5.73 Å². The number of hydrogen-bond donors (Lipinski definition) is 1. The summed E-state index contributed by atoms with van der Waals surface area (Å²) in [6, 6.07) is 0.586. The van der Waals surface area contributed by atoms with Crippen molar-refractivity contribution in [3.05, 3.63) is 0 Å². The maximum Gasteiger partial charge on any atom is 0.0743 e. The van der Waals surface area contributed by atoms with Crippen molar-refractivity contribution < 1.29 is 0 Å². The van der Waals surface area contributed by atoms with E-state index in [4.69, 9.17) is 18.0 Å². The van der Waals surface area contributed by atoms with Gasteiger partial charge in [-0.15, -0.1) is 0 Å². The molecule has 3 heteroatoms. The fourth-order valence-electron chi connectivity index (χ4n) is 2.06. The van der Waals surface area contributed by atoms with E-state index in [1.165, 1.54) is 19.5 Å². The molecule has 2 atom stereocenters. The van der Waals surface area contributed by atoms with Crippen LogP contribution in [-0.2, 0) is 0 Å². The lowest BCUT2D eigenvalue weighted by Crippen LogP contribution is -2.35. The Morgan fingerprint density at radius 3 is 2.77 bits per heavy atom. The SMILES string of the molecule is CCC(CC(N)=S)N1CCC(C)C1. The van der Waals surface area contributed by atoms with Crippen molar-refractivity contribution in [2.45, 2.75) is 39.2 Å². The molecule has 1 rings (SSSR count). The van der Waals surface area contributed by atoms with E-state index < -0.39 is 0 Å². The lowest BCUT2D eigenvalue weighted by atomic mass is 10.1. The first-order valence-electron chi connectivity index (χ1n) is 5.15. The third-order valence-corrected chi connectivity index (χ3v) is 3.05. The van der Waals surface area contributed by atoms with Crippen LogP contribution in [0.4, 0.5) is 0 Å². The van der Waals surface area contributed by atoms with Crippen molar-refractivity contribution in [3.8, 4) is 0 Å². The molecule has 0 aromatic carbocycles. The van der Waals surface area contributed by atoms with Crippen LogP contribution in [0.5, 0.6) is 0 Å². The minimum Gasteiger partial charge on any atom is -0.393 e. The van der Waals surface area contributed by atoms with Crippen LogP contribution in [0.3, 0.4) is 0 Å². The van der Waals surface area contributed by atoms with Crippen molar-refractivity contribution in [3.63, 3.8) is 0 Å². The summed E-state index contributed by atoms with van der Waals surface area (Å²) in [5.74, 6) is 0.848. The molecule has 2 nitrogen and oxygen atoms in total.